The maximum Gasteiger partial charge on any atom is 0.158 e. The molecule has 3 fully saturated rings. The number of hydrogen-bond acceptors (Lipinski definition) is 5. The van der Waals surface area contributed by atoms with Gasteiger partial charge in [0.2, 0.25) is 0 Å². The number of hydrogen-bond donors (Lipinski definition) is 1. The Balaban J connectivity index is 1.10. The molecule has 1 aliphatic heterocycles. The molecule has 204 valence electrons. The maximum absolute atomic E-state index is 10.2. The van der Waals surface area contributed by atoms with Crippen LogP contribution in [0.25, 0.3) is 11.1 Å². The smallest absolute Gasteiger partial charge is 0.158 e. The number of ether oxygens (including phenoxy) is 3. The molecule has 2 unspecified atom stereocenters. The van der Waals surface area contributed by atoms with E-state index >= 15 is 0 Å². The number of imidazole rings is 1. The van der Waals surface area contributed by atoms with Crippen molar-refractivity contribution in [2.45, 2.75) is 81.3 Å². The lowest BCUT2D eigenvalue weighted by Gasteiger charge is -2.34. The molecular formula is C33H38N2O4. The average molecular weight is 527 g/mol. The van der Waals surface area contributed by atoms with Crippen molar-refractivity contribution in [3.8, 4) is 23.0 Å². The molecule has 6 nitrogen and oxygen atoms in total. The second-order valence-corrected chi connectivity index (χ2v) is 11.4. The zero-order valence-electron chi connectivity index (χ0n) is 22.9. The van der Waals surface area contributed by atoms with E-state index in [0.717, 1.165) is 56.5 Å². The Morgan fingerprint density at radius 3 is 2.51 bits per heavy atom. The number of benzene rings is 2. The topological polar surface area (TPSA) is 65.7 Å². The van der Waals surface area contributed by atoms with Crippen LogP contribution in [-0.2, 0) is 14.2 Å². The lowest BCUT2D eigenvalue weighted by Crippen LogP contribution is -2.28. The van der Waals surface area contributed by atoms with Gasteiger partial charge in [0.05, 0.1) is 18.3 Å². The highest BCUT2D eigenvalue weighted by atomic mass is 16.7. The SMILES string of the molecule is COC1CC(c2ccc(-c3ccc(C#C[C@@H](CO)n4ccnc4C4C[C@]4(C)OC4CCCCO4)cc3)cc2)C1. The molecule has 1 saturated heterocycles. The number of methoxy groups -OCH3 is 1. The van der Waals surface area contributed by atoms with Crippen molar-refractivity contribution in [1.29, 1.82) is 0 Å². The van der Waals surface area contributed by atoms with Crippen molar-refractivity contribution in [3.05, 3.63) is 77.9 Å². The van der Waals surface area contributed by atoms with Crippen LogP contribution in [0, 0.1) is 11.8 Å². The lowest BCUT2D eigenvalue weighted by atomic mass is 9.77. The van der Waals surface area contributed by atoms with E-state index in [0.29, 0.717) is 12.0 Å². The number of aliphatic hydroxyl groups excluding tert-OH is 1. The maximum atomic E-state index is 10.2. The monoisotopic (exact) mass is 526 g/mol. The minimum absolute atomic E-state index is 0.0804. The van der Waals surface area contributed by atoms with Crippen LogP contribution in [0.4, 0.5) is 0 Å². The summed E-state index contributed by atoms with van der Waals surface area (Å²) in [5, 5.41) is 10.2. The van der Waals surface area contributed by atoms with Crippen molar-refractivity contribution in [3.63, 3.8) is 0 Å². The van der Waals surface area contributed by atoms with E-state index in [1.165, 1.54) is 16.7 Å². The van der Waals surface area contributed by atoms with E-state index in [-0.39, 0.29) is 30.5 Å². The summed E-state index contributed by atoms with van der Waals surface area (Å²) in [5.74, 6) is 8.23. The molecule has 1 N–H and O–H groups in total. The van der Waals surface area contributed by atoms with Gasteiger partial charge in [-0.2, -0.15) is 0 Å². The minimum Gasteiger partial charge on any atom is -0.393 e. The molecule has 2 heterocycles. The summed E-state index contributed by atoms with van der Waals surface area (Å²) in [7, 11) is 1.80. The van der Waals surface area contributed by atoms with Crippen molar-refractivity contribution >= 4 is 0 Å². The molecule has 3 aliphatic rings. The van der Waals surface area contributed by atoms with Crippen molar-refractivity contribution in [2.75, 3.05) is 20.3 Å². The van der Waals surface area contributed by atoms with E-state index in [2.05, 4.69) is 60.1 Å². The van der Waals surface area contributed by atoms with Gasteiger partial charge in [-0.1, -0.05) is 48.2 Å². The molecule has 0 spiro atoms. The number of aromatic nitrogens is 2. The summed E-state index contributed by atoms with van der Waals surface area (Å²) in [6.07, 6.45) is 10.3. The number of nitrogens with zero attached hydrogens (tertiary/aromatic N) is 2. The number of rotatable bonds is 8. The highest BCUT2D eigenvalue weighted by molar-refractivity contribution is 5.64. The summed E-state index contributed by atoms with van der Waals surface area (Å²) >= 11 is 0. The molecule has 4 atom stereocenters. The van der Waals surface area contributed by atoms with E-state index in [1.54, 1.807) is 13.3 Å². The first-order chi connectivity index (χ1) is 19.1. The largest absolute Gasteiger partial charge is 0.393 e. The van der Waals surface area contributed by atoms with Gasteiger partial charge >= 0.3 is 0 Å². The predicted molar refractivity (Wildman–Crippen MR) is 150 cm³/mol. The first-order valence-electron chi connectivity index (χ1n) is 14.2. The molecule has 2 aliphatic carbocycles. The molecule has 39 heavy (non-hydrogen) atoms. The molecular weight excluding hydrogens is 488 g/mol. The van der Waals surface area contributed by atoms with E-state index in [1.807, 2.05) is 22.9 Å². The fourth-order valence-electron chi connectivity index (χ4n) is 5.90. The molecule has 3 aromatic rings. The van der Waals surface area contributed by atoms with E-state index in [9.17, 15) is 5.11 Å². The highest BCUT2D eigenvalue weighted by Gasteiger charge is 2.56. The van der Waals surface area contributed by atoms with Crippen LogP contribution < -0.4 is 0 Å². The van der Waals surface area contributed by atoms with Gasteiger partial charge in [0.15, 0.2) is 6.29 Å². The van der Waals surface area contributed by atoms with Gasteiger partial charge in [0.1, 0.15) is 11.9 Å². The Bertz CT molecular complexity index is 1310. The molecule has 2 aromatic carbocycles. The summed E-state index contributed by atoms with van der Waals surface area (Å²) in [5.41, 5.74) is 4.40. The van der Waals surface area contributed by atoms with Crippen LogP contribution in [0.1, 0.15) is 80.3 Å². The minimum atomic E-state index is -0.366. The predicted octanol–water partition coefficient (Wildman–Crippen LogP) is 5.82. The quantitative estimate of drug-likeness (QED) is 0.375. The first kappa shape index (κ1) is 26.3. The zero-order chi connectivity index (χ0) is 26.8. The molecule has 0 amide bonds. The third kappa shape index (κ3) is 5.69. The standard InChI is InChI=1S/C33H38N2O4/c1-33(39-31-5-3-4-18-38-31)21-30(33)32-34-16-17-35(32)28(22-36)15-8-23-6-9-24(10-7-23)25-11-13-26(14-12-25)27-19-29(20-27)37-2/h6-7,9-14,16-17,27-31,36H,3-5,18-22H2,1-2H3/t27?,28-,29?,30?,31?,33-/m0/s1. The van der Waals surface area contributed by atoms with E-state index in [4.69, 9.17) is 14.2 Å². The number of aliphatic hydroxyl groups is 1. The Morgan fingerprint density at radius 1 is 1.10 bits per heavy atom. The molecule has 6 rings (SSSR count). The van der Waals surface area contributed by atoms with Crippen molar-refractivity contribution in [1.82, 2.24) is 9.55 Å². The van der Waals surface area contributed by atoms with Gasteiger partial charge in [-0.25, -0.2) is 4.98 Å². The Hall–Kier alpha value is -2.95. The lowest BCUT2D eigenvalue weighted by molar-refractivity contribution is -0.194. The molecule has 6 heteroatoms. The second kappa shape index (κ2) is 11.3. The normalized spacial score (nSPS) is 28.7. The van der Waals surface area contributed by atoms with Crippen LogP contribution in [0.15, 0.2) is 60.9 Å². The summed E-state index contributed by atoms with van der Waals surface area (Å²) in [6.45, 7) is 2.82. The van der Waals surface area contributed by atoms with E-state index < -0.39 is 0 Å². The molecule has 2 saturated carbocycles. The van der Waals surface area contributed by atoms with Crippen LogP contribution in [0.2, 0.25) is 0 Å². The Labute approximate surface area is 231 Å². The fraction of sp³-hybridized carbons (Fsp3) is 0.485. The van der Waals surface area contributed by atoms with Gasteiger partial charge in [0.25, 0.3) is 0 Å². The van der Waals surface area contributed by atoms with Crippen LogP contribution in [0.3, 0.4) is 0 Å². The molecule has 0 radical (unpaired) electrons. The summed E-state index contributed by atoms with van der Waals surface area (Å²) in [6, 6.07) is 16.8. The third-order valence-electron chi connectivity index (χ3n) is 8.66. The van der Waals surface area contributed by atoms with Crippen LogP contribution >= 0.6 is 0 Å². The average Bonchev–Trinajstić information content (AvgIpc) is 3.36. The van der Waals surface area contributed by atoms with Gasteiger partial charge in [0, 0.05) is 37.6 Å². The van der Waals surface area contributed by atoms with Gasteiger partial charge < -0.3 is 23.9 Å². The Kier molecular flexibility index (Phi) is 7.59. The summed E-state index contributed by atoms with van der Waals surface area (Å²) in [4.78, 5) is 4.63. The zero-order valence-corrected chi connectivity index (χ0v) is 22.9. The van der Waals surface area contributed by atoms with Crippen LogP contribution in [0.5, 0.6) is 0 Å². The van der Waals surface area contributed by atoms with Crippen LogP contribution in [-0.4, -0.2) is 53.0 Å². The Morgan fingerprint density at radius 2 is 1.85 bits per heavy atom. The van der Waals surface area contributed by atoms with Gasteiger partial charge in [-0.05, 0) is 80.2 Å². The molecule has 0 bridgehead atoms. The third-order valence-corrected chi connectivity index (χ3v) is 8.66. The fourth-order valence-corrected chi connectivity index (χ4v) is 5.90. The van der Waals surface area contributed by atoms with Gasteiger partial charge in [-0.15, -0.1) is 0 Å². The van der Waals surface area contributed by atoms with Crippen molar-refractivity contribution < 1.29 is 19.3 Å². The second-order valence-electron chi connectivity index (χ2n) is 11.4. The van der Waals surface area contributed by atoms with Crippen molar-refractivity contribution in [2.24, 2.45) is 0 Å². The highest BCUT2D eigenvalue weighted by Crippen LogP contribution is 2.54. The first-order valence-corrected chi connectivity index (χ1v) is 14.2. The summed E-state index contributed by atoms with van der Waals surface area (Å²) < 4.78 is 19.5. The van der Waals surface area contributed by atoms with Gasteiger partial charge in [-0.3, -0.25) is 0 Å². The molecule has 1 aromatic heterocycles.